The van der Waals surface area contributed by atoms with Gasteiger partial charge in [-0.2, -0.15) is 0 Å². The number of benzene rings is 1. The van der Waals surface area contributed by atoms with Gasteiger partial charge < -0.3 is 13.7 Å². The average molecular weight is 314 g/mol. The second kappa shape index (κ2) is 6.30. The Morgan fingerprint density at radius 3 is 2.70 bits per heavy atom. The summed E-state index contributed by atoms with van der Waals surface area (Å²) in [6.45, 7) is 4.23. The van der Waals surface area contributed by atoms with Crippen molar-refractivity contribution >= 4 is 11.9 Å². The Morgan fingerprint density at radius 1 is 1.26 bits per heavy atom. The first-order valence-corrected chi connectivity index (χ1v) is 6.97. The molecule has 0 aliphatic carbocycles. The van der Waals surface area contributed by atoms with Crippen LogP contribution in [0.4, 0.5) is 6.01 Å². The molecule has 3 aromatic rings. The molecule has 0 bridgehead atoms. The molecule has 0 aliphatic rings. The van der Waals surface area contributed by atoms with E-state index in [0.29, 0.717) is 12.3 Å². The smallest absolute Gasteiger partial charge is 0.322 e. The van der Waals surface area contributed by atoms with Gasteiger partial charge in [0.2, 0.25) is 11.7 Å². The second-order valence-electron chi connectivity index (χ2n) is 4.66. The predicted molar refractivity (Wildman–Crippen MR) is 80.1 cm³/mol. The van der Waals surface area contributed by atoms with Crippen molar-refractivity contribution in [3.05, 3.63) is 41.8 Å². The number of anilines is 1. The summed E-state index contributed by atoms with van der Waals surface area (Å²) in [4.78, 5) is 11.9. The molecule has 1 amide bonds. The number of nitrogens with one attached hydrogen (secondary N) is 1. The Labute approximate surface area is 131 Å². The zero-order valence-corrected chi connectivity index (χ0v) is 12.6. The van der Waals surface area contributed by atoms with Crippen LogP contribution < -0.4 is 10.1 Å². The number of aromatic nitrogens is 3. The van der Waals surface area contributed by atoms with Crippen LogP contribution in [0.1, 0.15) is 23.2 Å². The molecule has 0 unspecified atom stereocenters. The first-order valence-electron chi connectivity index (χ1n) is 6.97. The number of nitrogens with zero attached hydrogens (tertiary/aromatic N) is 3. The van der Waals surface area contributed by atoms with Crippen LogP contribution in [0, 0.1) is 6.92 Å². The van der Waals surface area contributed by atoms with Crippen LogP contribution in [0.5, 0.6) is 5.75 Å². The van der Waals surface area contributed by atoms with E-state index in [1.807, 2.05) is 6.92 Å². The number of amides is 1. The van der Waals surface area contributed by atoms with Gasteiger partial charge in [0.15, 0.2) is 0 Å². The number of rotatable bonds is 5. The molecule has 0 saturated heterocycles. The standard InChI is InChI=1S/C15H14N4O4/c1-3-21-11-6-4-10(5-7-11)14-17-18-15(22-14)16-13(20)12-8-9(2)19-23-12/h4-8H,3H2,1-2H3,(H,16,18,20). The molecular weight excluding hydrogens is 300 g/mol. The number of carbonyl (C=O) groups is 1. The third-order valence-electron chi connectivity index (χ3n) is 2.91. The zero-order chi connectivity index (χ0) is 16.2. The highest BCUT2D eigenvalue weighted by molar-refractivity contribution is 6.00. The maximum Gasteiger partial charge on any atom is 0.322 e. The number of ether oxygens (including phenoxy) is 1. The van der Waals surface area contributed by atoms with Crippen molar-refractivity contribution in [3.8, 4) is 17.2 Å². The lowest BCUT2D eigenvalue weighted by molar-refractivity contribution is 0.0985. The first kappa shape index (κ1) is 14.8. The molecule has 0 spiro atoms. The lowest BCUT2D eigenvalue weighted by Gasteiger charge is -2.02. The molecule has 0 fully saturated rings. The Morgan fingerprint density at radius 2 is 2.04 bits per heavy atom. The van der Waals surface area contributed by atoms with Crippen molar-refractivity contribution in [2.45, 2.75) is 13.8 Å². The number of hydrogen-bond acceptors (Lipinski definition) is 7. The predicted octanol–water partition coefficient (Wildman–Crippen LogP) is 2.68. The van der Waals surface area contributed by atoms with E-state index in [9.17, 15) is 4.79 Å². The van der Waals surface area contributed by atoms with Crippen LogP contribution in [-0.4, -0.2) is 27.9 Å². The van der Waals surface area contributed by atoms with Gasteiger partial charge in [0, 0.05) is 11.6 Å². The lowest BCUT2D eigenvalue weighted by atomic mass is 10.2. The average Bonchev–Trinajstić information content (AvgIpc) is 3.18. The molecule has 0 radical (unpaired) electrons. The molecule has 0 aliphatic heterocycles. The summed E-state index contributed by atoms with van der Waals surface area (Å²) in [6, 6.07) is 8.69. The van der Waals surface area contributed by atoms with Crippen molar-refractivity contribution in [3.63, 3.8) is 0 Å². The molecule has 0 atom stereocenters. The van der Waals surface area contributed by atoms with E-state index in [1.54, 1.807) is 31.2 Å². The van der Waals surface area contributed by atoms with E-state index in [4.69, 9.17) is 13.7 Å². The van der Waals surface area contributed by atoms with Crippen molar-refractivity contribution in [1.29, 1.82) is 0 Å². The Hall–Kier alpha value is -3.16. The Bertz CT molecular complexity index is 807. The summed E-state index contributed by atoms with van der Waals surface area (Å²) in [5, 5.41) is 13.8. The van der Waals surface area contributed by atoms with E-state index >= 15 is 0 Å². The van der Waals surface area contributed by atoms with Crippen LogP contribution >= 0.6 is 0 Å². The van der Waals surface area contributed by atoms with Crippen LogP contribution in [0.15, 0.2) is 39.3 Å². The van der Waals surface area contributed by atoms with Crippen LogP contribution in [0.25, 0.3) is 11.5 Å². The summed E-state index contributed by atoms with van der Waals surface area (Å²) in [5.74, 6) is 0.609. The lowest BCUT2D eigenvalue weighted by Crippen LogP contribution is -2.11. The summed E-state index contributed by atoms with van der Waals surface area (Å²) in [5.41, 5.74) is 1.33. The van der Waals surface area contributed by atoms with Crippen LogP contribution in [0.3, 0.4) is 0 Å². The molecule has 3 rings (SSSR count). The molecule has 8 nitrogen and oxygen atoms in total. The monoisotopic (exact) mass is 314 g/mol. The summed E-state index contributed by atoms with van der Waals surface area (Å²) < 4.78 is 15.6. The van der Waals surface area contributed by atoms with Crippen LogP contribution in [-0.2, 0) is 0 Å². The minimum atomic E-state index is -0.507. The van der Waals surface area contributed by atoms with Gasteiger partial charge in [0.05, 0.1) is 12.3 Å². The maximum atomic E-state index is 11.9. The molecule has 0 saturated carbocycles. The topological polar surface area (TPSA) is 103 Å². The molecule has 1 aromatic carbocycles. The van der Waals surface area contributed by atoms with Crippen molar-refractivity contribution in [2.75, 3.05) is 11.9 Å². The fourth-order valence-electron chi connectivity index (χ4n) is 1.88. The van der Waals surface area contributed by atoms with Gasteiger partial charge in [-0.15, -0.1) is 5.10 Å². The summed E-state index contributed by atoms with van der Waals surface area (Å²) >= 11 is 0. The van der Waals surface area contributed by atoms with E-state index in [1.165, 1.54) is 6.07 Å². The normalized spacial score (nSPS) is 10.5. The van der Waals surface area contributed by atoms with Gasteiger partial charge in [-0.3, -0.25) is 10.1 Å². The fraction of sp³-hybridized carbons (Fsp3) is 0.200. The third kappa shape index (κ3) is 3.37. The SMILES string of the molecule is CCOc1ccc(-c2nnc(NC(=O)c3cc(C)no3)o2)cc1. The van der Waals surface area contributed by atoms with Gasteiger partial charge in [0.25, 0.3) is 5.91 Å². The van der Waals surface area contributed by atoms with Crippen molar-refractivity contribution in [1.82, 2.24) is 15.4 Å². The minimum absolute atomic E-state index is 0.0204. The third-order valence-corrected chi connectivity index (χ3v) is 2.91. The second-order valence-corrected chi connectivity index (χ2v) is 4.66. The van der Waals surface area contributed by atoms with Gasteiger partial charge in [0.1, 0.15) is 5.75 Å². The van der Waals surface area contributed by atoms with E-state index in [2.05, 4.69) is 20.7 Å². The fourth-order valence-corrected chi connectivity index (χ4v) is 1.88. The first-order chi connectivity index (χ1) is 11.2. The van der Waals surface area contributed by atoms with Gasteiger partial charge in [-0.05, 0) is 38.1 Å². The highest BCUT2D eigenvalue weighted by atomic mass is 16.5. The van der Waals surface area contributed by atoms with Gasteiger partial charge in [-0.25, -0.2) is 0 Å². The Kier molecular flexibility index (Phi) is 4.05. The van der Waals surface area contributed by atoms with Gasteiger partial charge in [-0.1, -0.05) is 10.3 Å². The molecular formula is C15H14N4O4. The molecule has 8 heteroatoms. The van der Waals surface area contributed by atoms with E-state index in [-0.39, 0.29) is 17.7 Å². The number of hydrogen-bond donors (Lipinski definition) is 1. The van der Waals surface area contributed by atoms with Crippen molar-refractivity contribution in [2.24, 2.45) is 0 Å². The molecule has 23 heavy (non-hydrogen) atoms. The zero-order valence-electron chi connectivity index (χ0n) is 12.6. The highest BCUT2D eigenvalue weighted by Gasteiger charge is 2.16. The molecule has 2 heterocycles. The number of aryl methyl sites for hydroxylation is 1. The van der Waals surface area contributed by atoms with Crippen LogP contribution in [0.2, 0.25) is 0 Å². The highest BCUT2D eigenvalue weighted by Crippen LogP contribution is 2.22. The minimum Gasteiger partial charge on any atom is -0.494 e. The van der Waals surface area contributed by atoms with E-state index in [0.717, 1.165) is 11.3 Å². The maximum absolute atomic E-state index is 11.9. The quantitative estimate of drug-likeness (QED) is 0.772. The van der Waals surface area contributed by atoms with Crippen molar-refractivity contribution < 1.29 is 18.5 Å². The van der Waals surface area contributed by atoms with E-state index < -0.39 is 5.91 Å². The number of carbonyl (C=O) groups excluding carboxylic acids is 1. The van der Waals surface area contributed by atoms with Gasteiger partial charge >= 0.3 is 6.01 Å². The summed E-state index contributed by atoms with van der Waals surface area (Å²) in [6.07, 6.45) is 0. The Balaban J connectivity index is 1.71. The summed E-state index contributed by atoms with van der Waals surface area (Å²) in [7, 11) is 0. The largest absolute Gasteiger partial charge is 0.494 e. The molecule has 2 aromatic heterocycles. The molecule has 1 N–H and O–H groups in total. The molecule has 118 valence electrons.